The van der Waals surface area contributed by atoms with Crippen LogP contribution in [0.1, 0.15) is 18.4 Å². The number of hydrogen-bond donors (Lipinski definition) is 1. The van der Waals surface area contributed by atoms with Gasteiger partial charge in [0, 0.05) is 13.0 Å². The Bertz CT molecular complexity index is 268. The number of nitrogens with two attached hydrogens (primary N) is 1. The van der Waals surface area contributed by atoms with Crippen molar-refractivity contribution in [1.29, 1.82) is 0 Å². The number of halogens is 1. The average Bonchev–Trinajstić information content (AvgIpc) is 2.88. The van der Waals surface area contributed by atoms with Crippen LogP contribution >= 0.6 is 11.3 Å². The first-order valence-electron chi connectivity index (χ1n) is 4.65. The molecule has 0 aromatic carbocycles. The van der Waals surface area contributed by atoms with E-state index in [-0.39, 0.29) is 12.5 Å². The lowest BCUT2D eigenvalue weighted by atomic mass is 9.93. The van der Waals surface area contributed by atoms with Gasteiger partial charge in [-0.05, 0) is 41.1 Å². The van der Waals surface area contributed by atoms with Crippen LogP contribution in [0.3, 0.4) is 0 Å². The maximum atomic E-state index is 14.1. The maximum absolute atomic E-state index is 14.1. The maximum Gasteiger partial charge on any atom is 0.130 e. The minimum Gasteiger partial charge on any atom is -0.328 e. The Balaban J connectivity index is 2.05. The van der Waals surface area contributed by atoms with E-state index in [1.165, 1.54) is 0 Å². The van der Waals surface area contributed by atoms with Gasteiger partial charge in [-0.15, -0.1) is 0 Å². The molecule has 0 amide bonds. The van der Waals surface area contributed by atoms with Gasteiger partial charge in [-0.2, -0.15) is 11.3 Å². The third-order valence-corrected chi connectivity index (χ3v) is 3.46. The predicted octanol–water partition coefficient (Wildman–Crippen LogP) is 2.37. The SMILES string of the molecule is NCC(F)(Cc1ccsc1)C1CC1. The van der Waals surface area contributed by atoms with Crippen molar-refractivity contribution >= 4 is 11.3 Å². The smallest absolute Gasteiger partial charge is 0.130 e. The van der Waals surface area contributed by atoms with Crippen LogP contribution in [-0.4, -0.2) is 12.2 Å². The first-order chi connectivity index (χ1) is 6.24. The van der Waals surface area contributed by atoms with Gasteiger partial charge in [-0.3, -0.25) is 0 Å². The molecule has 1 aliphatic rings. The van der Waals surface area contributed by atoms with Crippen LogP contribution in [0.2, 0.25) is 0 Å². The standard InChI is InChI=1S/C10H14FNS/c11-10(7-12,9-1-2-9)5-8-3-4-13-6-8/h3-4,6,9H,1-2,5,7,12H2. The van der Waals surface area contributed by atoms with E-state index in [0.29, 0.717) is 6.42 Å². The monoisotopic (exact) mass is 199 g/mol. The highest BCUT2D eigenvalue weighted by Crippen LogP contribution is 2.43. The second kappa shape index (κ2) is 3.39. The summed E-state index contributed by atoms with van der Waals surface area (Å²) in [6.45, 7) is 0.160. The van der Waals surface area contributed by atoms with Gasteiger partial charge in [0.25, 0.3) is 0 Å². The van der Waals surface area contributed by atoms with Gasteiger partial charge >= 0.3 is 0 Å². The minimum absolute atomic E-state index is 0.160. The number of hydrogen-bond acceptors (Lipinski definition) is 2. The summed E-state index contributed by atoms with van der Waals surface area (Å²) >= 11 is 1.62. The van der Waals surface area contributed by atoms with Crippen LogP contribution in [0.5, 0.6) is 0 Å². The normalized spacial score (nSPS) is 21.4. The third kappa shape index (κ3) is 1.92. The van der Waals surface area contributed by atoms with Crippen molar-refractivity contribution in [3.8, 4) is 0 Å². The summed E-state index contributed by atoms with van der Waals surface area (Å²) in [6.07, 6.45) is 2.52. The molecule has 1 unspecified atom stereocenters. The lowest BCUT2D eigenvalue weighted by Gasteiger charge is -2.22. The Morgan fingerprint density at radius 3 is 2.85 bits per heavy atom. The molecule has 1 saturated carbocycles. The Labute approximate surface area is 81.8 Å². The zero-order valence-electron chi connectivity index (χ0n) is 7.50. The van der Waals surface area contributed by atoms with E-state index in [4.69, 9.17) is 5.73 Å². The predicted molar refractivity (Wildman–Crippen MR) is 53.6 cm³/mol. The van der Waals surface area contributed by atoms with Crippen molar-refractivity contribution in [1.82, 2.24) is 0 Å². The van der Waals surface area contributed by atoms with Crippen molar-refractivity contribution in [3.63, 3.8) is 0 Å². The van der Waals surface area contributed by atoms with Gasteiger partial charge < -0.3 is 5.73 Å². The van der Waals surface area contributed by atoms with E-state index in [9.17, 15) is 4.39 Å². The summed E-state index contributed by atoms with van der Waals surface area (Å²) in [5.41, 5.74) is 5.44. The molecular formula is C10H14FNS. The molecule has 0 aliphatic heterocycles. The molecule has 0 radical (unpaired) electrons. The number of alkyl halides is 1. The van der Waals surface area contributed by atoms with Crippen LogP contribution in [-0.2, 0) is 6.42 Å². The first-order valence-corrected chi connectivity index (χ1v) is 5.59. The Morgan fingerprint density at radius 2 is 2.38 bits per heavy atom. The summed E-state index contributed by atoms with van der Waals surface area (Å²) in [5.74, 6) is 0.220. The quantitative estimate of drug-likeness (QED) is 0.791. The summed E-state index contributed by atoms with van der Waals surface area (Å²) < 4.78 is 14.1. The highest BCUT2D eigenvalue weighted by atomic mass is 32.1. The van der Waals surface area contributed by atoms with Crippen molar-refractivity contribution in [3.05, 3.63) is 22.4 Å². The summed E-state index contributed by atoms with van der Waals surface area (Å²) in [7, 11) is 0. The molecule has 1 nitrogen and oxygen atoms in total. The zero-order chi connectivity index (χ0) is 9.31. The molecular weight excluding hydrogens is 185 g/mol. The van der Waals surface area contributed by atoms with E-state index in [1.54, 1.807) is 11.3 Å². The molecule has 3 heteroatoms. The van der Waals surface area contributed by atoms with Crippen LogP contribution in [0.4, 0.5) is 4.39 Å². The molecule has 2 N–H and O–H groups in total. The second-order valence-electron chi connectivity index (χ2n) is 3.82. The van der Waals surface area contributed by atoms with Crippen molar-refractivity contribution in [2.45, 2.75) is 24.9 Å². The highest BCUT2D eigenvalue weighted by Gasteiger charge is 2.44. The Morgan fingerprint density at radius 1 is 1.62 bits per heavy atom. The van der Waals surface area contributed by atoms with Gasteiger partial charge in [-0.25, -0.2) is 4.39 Å². The molecule has 2 rings (SSSR count). The van der Waals surface area contributed by atoms with E-state index in [1.807, 2.05) is 16.8 Å². The fraction of sp³-hybridized carbons (Fsp3) is 0.600. The van der Waals surface area contributed by atoms with Gasteiger partial charge in [0.1, 0.15) is 5.67 Å². The van der Waals surface area contributed by atoms with Gasteiger partial charge in [0.15, 0.2) is 0 Å². The van der Waals surface area contributed by atoms with Gasteiger partial charge in [0.2, 0.25) is 0 Å². The third-order valence-electron chi connectivity index (χ3n) is 2.73. The second-order valence-corrected chi connectivity index (χ2v) is 4.60. The molecule has 0 saturated heterocycles. The van der Waals surface area contributed by atoms with Gasteiger partial charge in [-0.1, -0.05) is 0 Å². The summed E-state index contributed by atoms with van der Waals surface area (Å²) in [6, 6.07) is 1.98. The molecule has 0 bridgehead atoms. The Hall–Kier alpha value is -0.410. The molecule has 1 aliphatic carbocycles. The lowest BCUT2D eigenvalue weighted by Crippen LogP contribution is -2.37. The van der Waals surface area contributed by atoms with E-state index in [2.05, 4.69) is 0 Å². The topological polar surface area (TPSA) is 26.0 Å². The van der Waals surface area contributed by atoms with Gasteiger partial charge in [0.05, 0.1) is 0 Å². The molecule has 13 heavy (non-hydrogen) atoms. The first kappa shape index (κ1) is 9.16. The molecule has 1 atom stereocenters. The summed E-state index contributed by atoms with van der Waals surface area (Å²) in [5, 5.41) is 3.99. The lowest BCUT2D eigenvalue weighted by molar-refractivity contribution is 0.143. The van der Waals surface area contributed by atoms with E-state index in [0.717, 1.165) is 18.4 Å². The van der Waals surface area contributed by atoms with Crippen LogP contribution < -0.4 is 5.73 Å². The van der Waals surface area contributed by atoms with Crippen LogP contribution in [0.15, 0.2) is 16.8 Å². The molecule has 72 valence electrons. The molecule has 1 heterocycles. The Kier molecular flexibility index (Phi) is 2.39. The zero-order valence-corrected chi connectivity index (χ0v) is 8.32. The summed E-state index contributed by atoms with van der Waals surface area (Å²) in [4.78, 5) is 0. The fourth-order valence-electron chi connectivity index (χ4n) is 1.72. The van der Waals surface area contributed by atoms with Crippen LogP contribution in [0.25, 0.3) is 0 Å². The fourth-order valence-corrected chi connectivity index (χ4v) is 2.39. The highest BCUT2D eigenvalue weighted by molar-refractivity contribution is 7.07. The molecule has 1 aromatic heterocycles. The number of rotatable bonds is 4. The average molecular weight is 199 g/mol. The molecule has 1 fully saturated rings. The van der Waals surface area contributed by atoms with E-state index >= 15 is 0 Å². The number of thiophene rings is 1. The molecule has 1 aromatic rings. The largest absolute Gasteiger partial charge is 0.328 e. The van der Waals surface area contributed by atoms with Crippen LogP contribution in [0, 0.1) is 5.92 Å². The van der Waals surface area contributed by atoms with E-state index < -0.39 is 5.67 Å². The van der Waals surface area contributed by atoms with Crippen molar-refractivity contribution < 1.29 is 4.39 Å². The van der Waals surface area contributed by atoms with Crippen molar-refractivity contribution in [2.75, 3.05) is 6.54 Å². The minimum atomic E-state index is -1.14. The molecule has 0 spiro atoms. The van der Waals surface area contributed by atoms with Crippen molar-refractivity contribution in [2.24, 2.45) is 11.7 Å².